The lowest BCUT2D eigenvalue weighted by Gasteiger charge is -2.23. The average Bonchev–Trinajstić information content (AvgIpc) is 2.67. The van der Waals surface area contributed by atoms with Crippen molar-refractivity contribution >= 4 is 11.0 Å². The Bertz CT molecular complexity index is 641. The summed E-state index contributed by atoms with van der Waals surface area (Å²) in [4.78, 5) is 14.4. The normalized spacial score (nSPS) is 17.4. The average molecular weight is 253 g/mol. The summed E-state index contributed by atoms with van der Waals surface area (Å²) in [5.41, 5.74) is 0.0192. The van der Waals surface area contributed by atoms with Crippen molar-refractivity contribution in [3.05, 3.63) is 34.3 Å². The minimum absolute atomic E-state index is 0.00583. The van der Waals surface area contributed by atoms with Gasteiger partial charge in [-0.1, -0.05) is 0 Å². The molecule has 0 amide bonds. The molecule has 0 spiro atoms. The monoisotopic (exact) mass is 253 g/mol. The summed E-state index contributed by atoms with van der Waals surface area (Å²) in [6, 6.07) is 1.98. The molecule has 2 N–H and O–H groups in total. The summed E-state index contributed by atoms with van der Waals surface area (Å²) in [6.07, 6.45) is 1.57. The van der Waals surface area contributed by atoms with Crippen LogP contribution in [0.15, 0.2) is 16.9 Å². The fourth-order valence-electron chi connectivity index (χ4n) is 2.58. The number of aromatic nitrogens is 2. The van der Waals surface area contributed by atoms with E-state index in [-0.39, 0.29) is 17.2 Å². The zero-order valence-electron chi connectivity index (χ0n) is 9.67. The van der Waals surface area contributed by atoms with Gasteiger partial charge < -0.3 is 10.3 Å². The Morgan fingerprint density at radius 2 is 1.94 bits per heavy atom. The molecule has 6 heteroatoms. The third kappa shape index (κ3) is 1.73. The van der Waals surface area contributed by atoms with Gasteiger partial charge in [0.15, 0.2) is 5.82 Å². The Kier molecular flexibility index (Phi) is 2.66. The summed E-state index contributed by atoms with van der Waals surface area (Å²) in [7, 11) is 0. The Morgan fingerprint density at radius 1 is 1.22 bits per heavy atom. The highest BCUT2D eigenvalue weighted by molar-refractivity contribution is 5.76. The van der Waals surface area contributed by atoms with Gasteiger partial charge in [0.25, 0.3) is 0 Å². The van der Waals surface area contributed by atoms with Crippen LogP contribution in [0.4, 0.5) is 8.78 Å². The van der Waals surface area contributed by atoms with Crippen molar-refractivity contribution in [2.45, 2.75) is 18.9 Å². The lowest BCUT2D eigenvalue weighted by Crippen LogP contribution is -2.33. The molecule has 1 aliphatic rings. The van der Waals surface area contributed by atoms with Crippen LogP contribution in [-0.2, 0) is 0 Å². The summed E-state index contributed by atoms with van der Waals surface area (Å²) in [5.74, 6) is -1.39. The Hall–Kier alpha value is -1.69. The van der Waals surface area contributed by atoms with E-state index in [0.717, 1.165) is 32.0 Å². The smallest absolute Gasteiger partial charge is 0.317 e. The SMILES string of the molecule is O=c1[nH]c2c(F)cc(F)cc2n1C1CCNCC1. The lowest BCUT2D eigenvalue weighted by atomic mass is 10.1. The second kappa shape index (κ2) is 4.20. The first kappa shape index (κ1) is 11.4. The number of rotatable bonds is 1. The zero-order chi connectivity index (χ0) is 12.7. The molecule has 0 radical (unpaired) electrons. The van der Waals surface area contributed by atoms with Crippen molar-refractivity contribution in [1.29, 1.82) is 0 Å². The number of hydrogen-bond donors (Lipinski definition) is 2. The number of benzene rings is 1. The number of piperidine rings is 1. The number of fused-ring (bicyclic) bond motifs is 1. The predicted octanol–water partition coefficient (Wildman–Crippen LogP) is 1.53. The number of imidazole rings is 1. The van der Waals surface area contributed by atoms with Gasteiger partial charge in [0, 0.05) is 18.2 Å². The highest BCUT2D eigenvalue weighted by Gasteiger charge is 2.21. The first-order valence-corrected chi connectivity index (χ1v) is 5.97. The van der Waals surface area contributed by atoms with Gasteiger partial charge in [-0.2, -0.15) is 0 Å². The number of nitrogens with one attached hydrogen (secondary N) is 2. The lowest BCUT2D eigenvalue weighted by molar-refractivity contribution is 0.368. The minimum Gasteiger partial charge on any atom is -0.317 e. The van der Waals surface area contributed by atoms with Crippen LogP contribution in [0.25, 0.3) is 11.0 Å². The van der Waals surface area contributed by atoms with Gasteiger partial charge in [0.1, 0.15) is 11.3 Å². The van der Waals surface area contributed by atoms with Crippen molar-refractivity contribution in [3.63, 3.8) is 0 Å². The molecule has 0 atom stereocenters. The standard InChI is InChI=1S/C12H13F2N3O/c13-7-5-9(14)11-10(6-7)17(12(18)16-11)8-1-3-15-4-2-8/h5-6,8,15H,1-4H2,(H,16,18). The maximum Gasteiger partial charge on any atom is 0.326 e. The Labute approximate surface area is 102 Å². The van der Waals surface area contributed by atoms with E-state index < -0.39 is 11.6 Å². The van der Waals surface area contributed by atoms with E-state index in [4.69, 9.17) is 0 Å². The molecule has 2 aromatic rings. The van der Waals surface area contributed by atoms with E-state index in [2.05, 4.69) is 10.3 Å². The molecule has 4 nitrogen and oxygen atoms in total. The fraction of sp³-hybridized carbons (Fsp3) is 0.417. The second-order valence-corrected chi connectivity index (χ2v) is 4.56. The van der Waals surface area contributed by atoms with Gasteiger partial charge in [-0.3, -0.25) is 4.57 Å². The highest BCUT2D eigenvalue weighted by Crippen LogP contribution is 2.24. The van der Waals surface area contributed by atoms with Crippen LogP contribution in [0.2, 0.25) is 0 Å². The molecule has 3 rings (SSSR count). The van der Waals surface area contributed by atoms with E-state index in [1.165, 1.54) is 10.6 Å². The van der Waals surface area contributed by atoms with Crippen molar-refractivity contribution in [3.8, 4) is 0 Å². The van der Waals surface area contributed by atoms with Gasteiger partial charge in [-0.05, 0) is 25.9 Å². The van der Waals surface area contributed by atoms with Crippen molar-refractivity contribution in [1.82, 2.24) is 14.9 Å². The predicted molar refractivity (Wildman–Crippen MR) is 63.6 cm³/mol. The van der Waals surface area contributed by atoms with Gasteiger partial charge in [0.05, 0.1) is 5.52 Å². The zero-order valence-corrected chi connectivity index (χ0v) is 9.67. The van der Waals surface area contributed by atoms with Gasteiger partial charge in [-0.15, -0.1) is 0 Å². The first-order chi connectivity index (χ1) is 8.66. The van der Waals surface area contributed by atoms with Crippen molar-refractivity contribution < 1.29 is 8.78 Å². The molecule has 96 valence electrons. The Morgan fingerprint density at radius 3 is 2.67 bits per heavy atom. The summed E-state index contributed by atoms with van der Waals surface area (Å²) in [5, 5.41) is 3.19. The van der Waals surface area contributed by atoms with Crippen molar-refractivity contribution in [2.24, 2.45) is 0 Å². The number of nitrogens with zero attached hydrogens (tertiary/aromatic N) is 1. The van der Waals surface area contributed by atoms with E-state index in [1.807, 2.05) is 0 Å². The molecule has 1 aromatic carbocycles. The molecule has 0 unspecified atom stereocenters. The van der Waals surface area contributed by atoms with Crippen molar-refractivity contribution in [2.75, 3.05) is 13.1 Å². The molecule has 0 bridgehead atoms. The van der Waals surface area contributed by atoms with Gasteiger partial charge >= 0.3 is 5.69 Å². The largest absolute Gasteiger partial charge is 0.326 e. The van der Waals surface area contributed by atoms with Gasteiger partial charge in [0.2, 0.25) is 0 Å². The molecule has 1 saturated heterocycles. The van der Waals surface area contributed by atoms with E-state index >= 15 is 0 Å². The molecule has 0 aliphatic carbocycles. The van der Waals surface area contributed by atoms with E-state index in [1.54, 1.807) is 0 Å². The molecule has 1 aliphatic heterocycles. The van der Waals surface area contributed by atoms with E-state index in [9.17, 15) is 13.6 Å². The molecule has 1 fully saturated rings. The minimum atomic E-state index is -0.727. The first-order valence-electron chi connectivity index (χ1n) is 5.97. The van der Waals surface area contributed by atoms with Crippen LogP contribution in [-0.4, -0.2) is 22.6 Å². The maximum absolute atomic E-state index is 13.6. The third-order valence-corrected chi connectivity index (χ3v) is 3.42. The molecule has 18 heavy (non-hydrogen) atoms. The van der Waals surface area contributed by atoms with E-state index in [0.29, 0.717) is 5.52 Å². The van der Waals surface area contributed by atoms with Gasteiger partial charge in [-0.25, -0.2) is 13.6 Å². The number of aromatic amines is 1. The molecule has 0 saturated carbocycles. The molecule has 2 heterocycles. The third-order valence-electron chi connectivity index (χ3n) is 3.42. The van der Waals surface area contributed by atoms with Crippen LogP contribution >= 0.6 is 0 Å². The quantitative estimate of drug-likeness (QED) is 0.809. The number of H-pyrrole nitrogens is 1. The van der Waals surface area contributed by atoms with Crippen LogP contribution in [0.1, 0.15) is 18.9 Å². The Balaban J connectivity index is 2.21. The highest BCUT2D eigenvalue weighted by atomic mass is 19.1. The number of halogens is 2. The summed E-state index contributed by atoms with van der Waals surface area (Å²) < 4.78 is 28.3. The van der Waals surface area contributed by atoms with Crippen LogP contribution < -0.4 is 11.0 Å². The van der Waals surface area contributed by atoms with Crippen LogP contribution in [0.3, 0.4) is 0 Å². The molecular weight excluding hydrogens is 240 g/mol. The fourth-order valence-corrected chi connectivity index (χ4v) is 2.58. The summed E-state index contributed by atoms with van der Waals surface area (Å²) >= 11 is 0. The topological polar surface area (TPSA) is 49.8 Å². The maximum atomic E-state index is 13.6. The van der Waals surface area contributed by atoms with Crippen LogP contribution in [0.5, 0.6) is 0 Å². The molecular formula is C12H13F2N3O. The number of hydrogen-bond acceptors (Lipinski definition) is 2. The summed E-state index contributed by atoms with van der Waals surface area (Å²) in [6.45, 7) is 1.61. The van der Waals surface area contributed by atoms with Crippen LogP contribution in [0, 0.1) is 11.6 Å². The second-order valence-electron chi connectivity index (χ2n) is 4.56. The molecule has 1 aromatic heterocycles.